The molecule has 4 aromatic rings. The zero-order valence-corrected chi connectivity index (χ0v) is 19.3. The van der Waals surface area contributed by atoms with E-state index in [4.69, 9.17) is 4.98 Å². The average molecular weight is 473 g/mol. The average Bonchev–Trinajstić information content (AvgIpc) is 3.62. The molecule has 1 aliphatic carbocycles. The molecule has 0 atom stereocenters. The Balaban J connectivity index is 1.25. The van der Waals surface area contributed by atoms with Crippen LogP contribution in [0.15, 0.2) is 61.4 Å². The van der Waals surface area contributed by atoms with Gasteiger partial charge in [-0.1, -0.05) is 18.7 Å². The number of likely N-dealkylation sites (tertiary alicyclic amines) is 1. The maximum Gasteiger partial charge on any atom is 0.268 e. The molecule has 2 aliphatic rings. The lowest BCUT2D eigenvalue weighted by molar-refractivity contribution is -0.125. The number of aromatic amines is 1. The molecule has 172 valence electrons. The van der Waals surface area contributed by atoms with Gasteiger partial charge in [0, 0.05) is 35.8 Å². The molecule has 6 rings (SSSR count). The summed E-state index contributed by atoms with van der Waals surface area (Å²) in [6, 6.07) is 12.0. The van der Waals surface area contributed by atoms with Crippen LogP contribution >= 0.6 is 11.3 Å². The zero-order valence-electron chi connectivity index (χ0n) is 18.5. The Morgan fingerprint density at radius 2 is 2.09 bits per heavy atom. The summed E-state index contributed by atoms with van der Waals surface area (Å²) in [6.45, 7) is 5.17. The van der Waals surface area contributed by atoms with Crippen LogP contribution in [-0.2, 0) is 4.79 Å². The Kier molecular flexibility index (Phi) is 4.88. The third-order valence-electron chi connectivity index (χ3n) is 7.06. The number of anilines is 1. The van der Waals surface area contributed by atoms with Crippen molar-refractivity contribution >= 4 is 40.1 Å². The van der Waals surface area contributed by atoms with Crippen LogP contribution in [0.4, 0.5) is 5.95 Å². The van der Waals surface area contributed by atoms with Gasteiger partial charge in [0.15, 0.2) is 0 Å². The number of rotatable bonds is 5. The number of imidazole rings is 1. The number of thiophene rings is 1. The molecule has 1 saturated heterocycles. The number of hydrogen-bond donors (Lipinski definition) is 2. The number of carbonyl (C=O) groups excluding carboxylic acids is 2. The smallest absolute Gasteiger partial charge is 0.268 e. The molecule has 9 heteroatoms. The molecule has 1 aromatic carbocycles. The SMILES string of the molecule is C=CC(=O)N1CCC2(CC(n3c(NC(=O)c4ccc(-c5cn[nH]c5)s4)nc4ccccc43)C2)C1. The van der Waals surface area contributed by atoms with Crippen LogP contribution in [0.5, 0.6) is 0 Å². The number of hydrogen-bond acceptors (Lipinski definition) is 5. The highest BCUT2D eigenvalue weighted by atomic mass is 32.1. The normalized spacial score (nSPS) is 21.6. The van der Waals surface area contributed by atoms with Crippen LogP contribution in [0.25, 0.3) is 21.5 Å². The van der Waals surface area contributed by atoms with Crippen LogP contribution < -0.4 is 5.32 Å². The lowest BCUT2D eigenvalue weighted by Crippen LogP contribution is -2.42. The number of fused-ring (bicyclic) bond motifs is 1. The topological polar surface area (TPSA) is 95.9 Å². The molecule has 1 aliphatic heterocycles. The van der Waals surface area contributed by atoms with Crippen molar-refractivity contribution in [2.24, 2.45) is 5.41 Å². The first-order valence-corrected chi connectivity index (χ1v) is 12.2. The van der Waals surface area contributed by atoms with E-state index in [0.29, 0.717) is 10.8 Å². The Bertz CT molecular complexity index is 1400. The van der Waals surface area contributed by atoms with Gasteiger partial charge in [0.25, 0.3) is 5.91 Å². The number of H-pyrrole nitrogens is 1. The van der Waals surface area contributed by atoms with Gasteiger partial charge in [-0.3, -0.25) is 20.0 Å². The van der Waals surface area contributed by atoms with E-state index in [0.717, 1.165) is 53.8 Å². The number of nitrogens with one attached hydrogen (secondary N) is 2. The van der Waals surface area contributed by atoms with Gasteiger partial charge in [-0.05, 0) is 55.0 Å². The Hall–Kier alpha value is -3.72. The molecule has 0 bridgehead atoms. The van der Waals surface area contributed by atoms with Crippen molar-refractivity contribution in [2.45, 2.75) is 25.3 Å². The van der Waals surface area contributed by atoms with Gasteiger partial charge >= 0.3 is 0 Å². The molecule has 1 saturated carbocycles. The van der Waals surface area contributed by atoms with E-state index in [1.165, 1.54) is 17.4 Å². The fourth-order valence-corrected chi connectivity index (χ4v) is 6.26. The summed E-state index contributed by atoms with van der Waals surface area (Å²) in [5, 5.41) is 9.85. The lowest BCUT2D eigenvalue weighted by Gasteiger charge is -2.46. The van der Waals surface area contributed by atoms with Crippen LogP contribution in [0, 0.1) is 5.41 Å². The van der Waals surface area contributed by atoms with Crippen molar-refractivity contribution in [1.29, 1.82) is 0 Å². The Morgan fingerprint density at radius 3 is 2.88 bits per heavy atom. The molecule has 4 heterocycles. The molecule has 8 nitrogen and oxygen atoms in total. The second-order valence-electron chi connectivity index (χ2n) is 9.18. The number of amides is 2. The summed E-state index contributed by atoms with van der Waals surface area (Å²) in [7, 11) is 0. The van der Waals surface area contributed by atoms with Gasteiger partial charge in [-0.25, -0.2) is 4.98 Å². The van der Waals surface area contributed by atoms with Crippen LogP contribution in [0.3, 0.4) is 0 Å². The minimum absolute atomic E-state index is 0.00657. The van der Waals surface area contributed by atoms with E-state index in [9.17, 15) is 9.59 Å². The maximum absolute atomic E-state index is 13.1. The summed E-state index contributed by atoms with van der Waals surface area (Å²) >= 11 is 1.42. The van der Waals surface area contributed by atoms with Crippen LogP contribution in [-0.4, -0.2) is 49.6 Å². The molecule has 0 unspecified atom stereocenters. The Morgan fingerprint density at radius 1 is 1.24 bits per heavy atom. The summed E-state index contributed by atoms with van der Waals surface area (Å²) in [5.74, 6) is 0.405. The second kappa shape index (κ2) is 7.95. The fraction of sp³-hybridized carbons (Fsp3) is 0.280. The molecule has 34 heavy (non-hydrogen) atoms. The van der Waals surface area contributed by atoms with Crippen molar-refractivity contribution in [3.05, 3.63) is 66.3 Å². The zero-order chi connectivity index (χ0) is 23.3. The molecular formula is C25H24N6O2S. The Labute approximate surface area is 200 Å². The molecule has 2 N–H and O–H groups in total. The highest BCUT2D eigenvalue weighted by molar-refractivity contribution is 7.17. The summed E-state index contributed by atoms with van der Waals surface area (Å²) in [6.07, 6.45) is 7.87. The van der Waals surface area contributed by atoms with Crippen LogP contribution in [0.2, 0.25) is 0 Å². The predicted octanol–water partition coefficient (Wildman–Crippen LogP) is 4.48. The number of aromatic nitrogens is 4. The first kappa shape index (κ1) is 20.9. The molecule has 3 aromatic heterocycles. The molecule has 1 spiro atoms. The molecular weight excluding hydrogens is 448 g/mol. The highest BCUT2D eigenvalue weighted by Crippen LogP contribution is 2.55. The second-order valence-corrected chi connectivity index (χ2v) is 10.3. The first-order valence-electron chi connectivity index (χ1n) is 11.3. The quantitative estimate of drug-likeness (QED) is 0.419. The minimum Gasteiger partial charge on any atom is -0.339 e. The number of nitrogens with zero attached hydrogens (tertiary/aromatic N) is 4. The fourth-order valence-electron chi connectivity index (χ4n) is 5.37. The van der Waals surface area contributed by atoms with Crippen molar-refractivity contribution in [1.82, 2.24) is 24.6 Å². The lowest BCUT2D eigenvalue weighted by atomic mass is 9.65. The van der Waals surface area contributed by atoms with Crippen molar-refractivity contribution in [2.75, 3.05) is 18.4 Å². The van der Waals surface area contributed by atoms with Crippen molar-refractivity contribution < 1.29 is 9.59 Å². The maximum atomic E-state index is 13.1. The predicted molar refractivity (Wildman–Crippen MR) is 132 cm³/mol. The first-order chi connectivity index (χ1) is 16.5. The van der Waals surface area contributed by atoms with Gasteiger partial charge in [-0.2, -0.15) is 5.10 Å². The van der Waals surface area contributed by atoms with Gasteiger partial charge in [-0.15, -0.1) is 11.3 Å². The number of carbonyl (C=O) groups is 2. The van der Waals surface area contributed by atoms with E-state index >= 15 is 0 Å². The van der Waals surface area contributed by atoms with Crippen molar-refractivity contribution in [3.63, 3.8) is 0 Å². The third kappa shape index (κ3) is 3.43. The van der Waals surface area contributed by atoms with Gasteiger partial charge < -0.3 is 9.47 Å². The van der Waals surface area contributed by atoms with Gasteiger partial charge in [0.1, 0.15) is 0 Å². The van der Waals surface area contributed by atoms with Crippen LogP contribution in [0.1, 0.15) is 35.0 Å². The summed E-state index contributed by atoms with van der Waals surface area (Å²) in [5.41, 5.74) is 2.97. The highest BCUT2D eigenvalue weighted by Gasteiger charge is 2.50. The third-order valence-corrected chi connectivity index (χ3v) is 8.19. The van der Waals surface area contributed by atoms with Gasteiger partial charge in [0.2, 0.25) is 11.9 Å². The minimum atomic E-state index is -0.172. The molecule has 2 fully saturated rings. The van der Waals surface area contributed by atoms with E-state index in [1.807, 2.05) is 47.5 Å². The van der Waals surface area contributed by atoms with E-state index < -0.39 is 0 Å². The van der Waals surface area contributed by atoms with E-state index in [-0.39, 0.29) is 23.3 Å². The largest absolute Gasteiger partial charge is 0.339 e. The number of para-hydroxylation sites is 2. The van der Waals surface area contributed by atoms with Crippen molar-refractivity contribution in [3.8, 4) is 10.4 Å². The van der Waals surface area contributed by atoms with E-state index in [2.05, 4.69) is 26.7 Å². The number of benzene rings is 1. The molecule has 0 radical (unpaired) electrons. The van der Waals surface area contributed by atoms with Gasteiger partial charge in [0.05, 0.1) is 22.1 Å². The monoisotopic (exact) mass is 472 g/mol. The summed E-state index contributed by atoms with van der Waals surface area (Å²) < 4.78 is 2.17. The standard InChI is InChI=1S/C25H24N6O2S/c1-2-22(32)30-10-9-25(15-30)11-17(12-25)31-19-6-4-3-5-18(19)28-24(31)29-23(33)21-8-7-20(34-21)16-13-26-27-14-16/h2-8,13-14,17H,1,9-12,15H2,(H,26,27)(H,28,29,33). The summed E-state index contributed by atoms with van der Waals surface area (Å²) in [4.78, 5) is 33.4. The molecule has 2 amide bonds. The van der Waals surface area contributed by atoms with E-state index in [1.54, 1.807) is 6.20 Å².